The number of hydrogen-bond acceptors (Lipinski definition) is 3. The molecule has 2 atom stereocenters. The average molecular weight is 367 g/mol. The lowest BCUT2D eigenvalue weighted by Gasteiger charge is -2.35. The van der Waals surface area contributed by atoms with Crippen LogP contribution in [-0.4, -0.2) is 29.1 Å². The molecule has 1 aliphatic heterocycles. The second kappa shape index (κ2) is 9.16. The van der Waals surface area contributed by atoms with E-state index in [-0.39, 0.29) is 0 Å². The van der Waals surface area contributed by atoms with Gasteiger partial charge in [0.2, 0.25) is 0 Å². The smallest absolute Gasteiger partial charge is 0.335 e. The van der Waals surface area contributed by atoms with E-state index in [1.54, 1.807) is 12.1 Å². The molecule has 2 aromatic carbocycles. The molecule has 2 unspecified atom stereocenters. The van der Waals surface area contributed by atoms with Gasteiger partial charge in [0.1, 0.15) is 0 Å². The Kier molecular flexibility index (Phi) is 6.64. The van der Waals surface area contributed by atoms with Gasteiger partial charge < -0.3 is 10.4 Å². The van der Waals surface area contributed by atoms with Crippen molar-refractivity contribution in [1.29, 1.82) is 0 Å². The molecule has 0 aromatic heterocycles. The van der Waals surface area contributed by atoms with Gasteiger partial charge in [-0.3, -0.25) is 4.90 Å². The maximum atomic E-state index is 10.9. The number of nitrogens with zero attached hydrogens (tertiary/aromatic N) is 1. The van der Waals surface area contributed by atoms with Gasteiger partial charge in [0, 0.05) is 32.7 Å². The number of carbonyl (C=O) groups is 1. The predicted octanol–water partition coefficient (Wildman–Crippen LogP) is 4.15. The number of piperidine rings is 1. The van der Waals surface area contributed by atoms with Gasteiger partial charge >= 0.3 is 5.97 Å². The number of hydrogen-bond donors (Lipinski definition) is 2. The highest BCUT2D eigenvalue weighted by Crippen LogP contribution is 2.23. The van der Waals surface area contributed by atoms with Crippen molar-refractivity contribution >= 4 is 5.97 Å². The molecule has 0 amide bonds. The number of carboxylic acids is 1. The third-order valence-electron chi connectivity index (χ3n) is 5.30. The second-order valence-electron chi connectivity index (χ2n) is 8.01. The van der Waals surface area contributed by atoms with Crippen LogP contribution < -0.4 is 5.32 Å². The second-order valence-corrected chi connectivity index (χ2v) is 8.01. The Morgan fingerprint density at radius 2 is 1.63 bits per heavy atom. The van der Waals surface area contributed by atoms with Crippen LogP contribution in [0.15, 0.2) is 48.5 Å². The fourth-order valence-corrected chi connectivity index (χ4v) is 4.15. The third kappa shape index (κ3) is 5.65. The first kappa shape index (κ1) is 19.6. The molecule has 4 nitrogen and oxygen atoms in total. The van der Waals surface area contributed by atoms with Gasteiger partial charge in [0.25, 0.3) is 0 Å². The van der Waals surface area contributed by atoms with Crippen molar-refractivity contribution in [2.75, 3.05) is 13.1 Å². The largest absolute Gasteiger partial charge is 0.478 e. The standard InChI is InChI=1S/C23H30N2O2/c1-17-11-18(2)15-25(14-17)16-22-6-4-3-5-21(22)13-24-12-19-7-9-20(10-8-19)23(26)27/h3-10,17-18,24H,11-16H2,1-2H3,(H,26,27). The topological polar surface area (TPSA) is 52.6 Å². The van der Waals surface area contributed by atoms with Gasteiger partial charge in [-0.15, -0.1) is 0 Å². The van der Waals surface area contributed by atoms with Crippen molar-refractivity contribution in [2.24, 2.45) is 11.8 Å². The lowest BCUT2D eigenvalue weighted by atomic mass is 9.91. The van der Waals surface area contributed by atoms with Crippen molar-refractivity contribution in [2.45, 2.75) is 39.9 Å². The Morgan fingerprint density at radius 1 is 1.00 bits per heavy atom. The molecule has 4 heteroatoms. The molecular weight excluding hydrogens is 336 g/mol. The van der Waals surface area contributed by atoms with E-state index >= 15 is 0 Å². The van der Waals surface area contributed by atoms with Crippen LogP contribution in [0, 0.1) is 11.8 Å². The van der Waals surface area contributed by atoms with Gasteiger partial charge in [-0.05, 0) is 47.1 Å². The quantitative estimate of drug-likeness (QED) is 0.773. The molecular formula is C23H30N2O2. The molecule has 0 radical (unpaired) electrons. The van der Waals surface area contributed by atoms with Crippen LogP contribution >= 0.6 is 0 Å². The van der Waals surface area contributed by atoms with E-state index in [2.05, 4.69) is 48.3 Å². The minimum atomic E-state index is -0.884. The summed E-state index contributed by atoms with van der Waals surface area (Å²) < 4.78 is 0. The third-order valence-corrected chi connectivity index (χ3v) is 5.30. The maximum Gasteiger partial charge on any atom is 0.335 e. The van der Waals surface area contributed by atoms with Crippen LogP contribution in [-0.2, 0) is 19.6 Å². The van der Waals surface area contributed by atoms with Crippen LogP contribution in [0.2, 0.25) is 0 Å². The van der Waals surface area contributed by atoms with Gasteiger partial charge in [-0.2, -0.15) is 0 Å². The van der Waals surface area contributed by atoms with Crippen LogP contribution in [0.25, 0.3) is 0 Å². The van der Waals surface area contributed by atoms with Gasteiger partial charge in [0.05, 0.1) is 5.56 Å². The van der Waals surface area contributed by atoms with Crippen molar-refractivity contribution in [3.63, 3.8) is 0 Å². The van der Waals surface area contributed by atoms with Gasteiger partial charge in [0.15, 0.2) is 0 Å². The first-order chi connectivity index (χ1) is 13.0. The Hall–Kier alpha value is -2.17. The lowest BCUT2D eigenvalue weighted by molar-refractivity contribution is 0.0697. The normalized spacial score (nSPS) is 20.5. The Labute approximate surface area is 162 Å². The molecule has 2 N–H and O–H groups in total. The summed E-state index contributed by atoms with van der Waals surface area (Å²) in [6.45, 7) is 9.63. The number of rotatable bonds is 7. The van der Waals surface area contributed by atoms with Crippen LogP contribution in [0.3, 0.4) is 0 Å². The van der Waals surface area contributed by atoms with E-state index in [9.17, 15) is 4.79 Å². The number of aromatic carboxylic acids is 1. The summed E-state index contributed by atoms with van der Waals surface area (Å²) in [5.74, 6) is 0.658. The average Bonchev–Trinajstić information content (AvgIpc) is 2.63. The molecule has 0 spiro atoms. The molecule has 144 valence electrons. The summed E-state index contributed by atoms with van der Waals surface area (Å²) in [4.78, 5) is 13.5. The zero-order chi connectivity index (χ0) is 19.2. The zero-order valence-corrected chi connectivity index (χ0v) is 16.3. The molecule has 27 heavy (non-hydrogen) atoms. The zero-order valence-electron chi connectivity index (χ0n) is 16.3. The minimum Gasteiger partial charge on any atom is -0.478 e. The Balaban J connectivity index is 1.56. The van der Waals surface area contributed by atoms with Crippen LogP contribution in [0.1, 0.15) is 47.3 Å². The minimum absolute atomic E-state index is 0.328. The lowest BCUT2D eigenvalue weighted by Crippen LogP contribution is -2.38. The molecule has 1 saturated heterocycles. The highest BCUT2D eigenvalue weighted by Gasteiger charge is 2.22. The highest BCUT2D eigenvalue weighted by molar-refractivity contribution is 5.87. The van der Waals surface area contributed by atoms with Crippen molar-refractivity contribution in [1.82, 2.24) is 10.2 Å². The summed E-state index contributed by atoms with van der Waals surface area (Å²) >= 11 is 0. The number of nitrogens with one attached hydrogen (secondary N) is 1. The van der Waals surface area contributed by atoms with Crippen LogP contribution in [0.5, 0.6) is 0 Å². The van der Waals surface area contributed by atoms with E-state index in [0.29, 0.717) is 5.56 Å². The molecule has 1 aliphatic rings. The fourth-order valence-electron chi connectivity index (χ4n) is 4.15. The monoisotopic (exact) mass is 366 g/mol. The van der Waals surface area contributed by atoms with Gasteiger partial charge in [-0.25, -0.2) is 4.79 Å². The molecule has 0 aliphatic carbocycles. The van der Waals surface area contributed by atoms with E-state index in [1.165, 1.54) is 30.6 Å². The molecule has 1 heterocycles. The number of carboxylic acid groups (broad SMARTS) is 1. The number of likely N-dealkylation sites (tertiary alicyclic amines) is 1. The summed E-state index contributed by atoms with van der Waals surface area (Å²) in [5, 5.41) is 12.5. The molecule has 0 bridgehead atoms. The van der Waals surface area contributed by atoms with E-state index < -0.39 is 5.97 Å². The van der Waals surface area contributed by atoms with Crippen molar-refractivity contribution in [3.05, 3.63) is 70.8 Å². The molecule has 2 aromatic rings. The highest BCUT2D eigenvalue weighted by atomic mass is 16.4. The summed E-state index contributed by atoms with van der Waals surface area (Å²) in [6, 6.07) is 15.7. The Morgan fingerprint density at radius 3 is 2.26 bits per heavy atom. The Bertz CT molecular complexity index is 747. The van der Waals surface area contributed by atoms with Crippen LogP contribution in [0.4, 0.5) is 0 Å². The SMILES string of the molecule is CC1CC(C)CN(Cc2ccccc2CNCc2ccc(C(=O)O)cc2)C1. The first-order valence-electron chi connectivity index (χ1n) is 9.83. The number of benzene rings is 2. The first-order valence-corrected chi connectivity index (χ1v) is 9.83. The van der Waals surface area contributed by atoms with Crippen molar-refractivity contribution < 1.29 is 9.90 Å². The molecule has 1 fully saturated rings. The molecule has 0 saturated carbocycles. The maximum absolute atomic E-state index is 10.9. The van der Waals surface area contributed by atoms with E-state index in [4.69, 9.17) is 5.11 Å². The van der Waals surface area contributed by atoms with Gasteiger partial charge in [-0.1, -0.05) is 50.2 Å². The van der Waals surface area contributed by atoms with E-state index in [1.807, 2.05) is 12.1 Å². The van der Waals surface area contributed by atoms with Crippen molar-refractivity contribution in [3.8, 4) is 0 Å². The predicted molar refractivity (Wildman–Crippen MR) is 109 cm³/mol. The summed E-state index contributed by atoms with van der Waals surface area (Å²) in [5.41, 5.74) is 4.16. The summed E-state index contributed by atoms with van der Waals surface area (Å²) in [7, 11) is 0. The van der Waals surface area contributed by atoms with E-state index in [0.717, 1.165) is 37.0 Å². The fraction of sp³-hybridized carbons (Fsp3) is 0.435. The summed E-state index contributed by atoms with van der Waals surface area (Å²) in [6.07, 6.45) is 1.33. The molecule has 3 rings (SSSR count).